The molecule has 0 unspecified atom stereocenters. The van der Waals surface area contributed by atoms with Crippen LogP contribution in [0.1, 0.15) is 5.69 Å². The summed E-state index contributed by atoms with van der Waals surface area (Å²) in [6.07, 6.45) is 1.34. The first kappa shape index (κ1) is 10.9. The number of hydrogen-bond acceptors (Lipinski definition) is 4. The van der Waals surface area contributed by atoms with E-state index in [1.165, 1.54) is 10.9 Å². The van der Waals surface area contributed by atoms with Crippen LogP contribution >= 0.6 is 12.4 Å². The van der Waals surface area contributed by atoms with E-state index in [2.05, 4.69) is 5.10 Å². The minimum absolute atomic E-state index is 0. The molecule has 1 aromatic heterocycles. The largest absolute Gasteiger partial charge is 0.325 e. The molecule has 0 bridgehead atoms. The fourth-order valence-electron chi connectivity index (χ4n) is 0.820. The maximum Gasteiger partial charge on any atom is 0.311 e. The van der Waals surface area contributed by atoms with E-state index < -0.39 is 4.92 Å². The second-order valence-electron chi connectivity index (χ2n) is 2.10. The normalized spacial score (nSPS) is 9.17. The van der Waals surface area contributed by atoms with Gasteiger partial charge in [-0.25, -0.2) is 0 Å². The van der Waals surface area contributed by atoms with Gasteiger partial charge in [-0.2, -0.15) is 5.10 Å². The summed E-state index contributed by atoms with van der Waals surface area (Å²) in [7, 11) is 1.62. The number of aromatic nitrogens is 2. The molecule has 68 valence electrons. The highest BCUT2D eigenvalue weighted by molar-refractivity contribution is 5.85. The quantitative estimate of drug-likeness (QED) is 0.536. The van der Waals surface area contributed by atoms with E-state index in [4.69, 9.17) is 5.73 Å². The van der Waals surface area contributed by atoms with Crippen molar-refractivity contribution in [3.05, 3.63) is 22.0 Å². The molecule has 0 radical (unpaired) electrons. The highest BCUT2D eigenvalue weighted by Gasteiger charge is 2.15. The number of nitrogens with two attached hydrogens (primary N) is 1. The summed E-state index contributed by atoms with van der Waals surface area (Å²) in [5, 5.41) is 14.1. The van der Waals surface area contributed by atoms with Crippen LogP contribution in [0.5, 0.6) is 0 Å². The van der Waals surface area contributed by atoms with Gasteiger partial charge in [-0.15, -0.1) is 12.4 Å². The molecule has 12 heavy (non-hydrogen) atoms. The molecule has 1 rings (SSSR count). The van der Waals surface area contributed by atoms with Crippen LogP contribution in [-0.4, -0.2) is 14.7 Å². The topological polar surface area (TPSA) is 87.0 Å². The second kappa shape index (κ2) is 4.03. The van der Waals surface area contributed by atoms with Crippen LogP contribution in [0.15, 0.2) is 6.20 Å². The molecule has 0 fully saturated rings. The molecular formula is C5H9ClN4O2. The smallest absolute Gasteiger partial charge is 0.311 e. The zero-order valence-corrected chi connectivity index (χ0v) is 7.24. The number of rotatable bonds is 2. The van der Waals surface area contributed by atoms with Crippen molar-refractivity contribution in [2.45, 2.75) is 6.54 Å². The molecule has 0 aromatic carbocycles. The van der Waals surface area contributed by atoms with Crippen LogP contribution in [0.25, 0.3) is 0 Å². The number of hydrogen-bond donors (Lipinski definition) is 1. The van der Waals surface area contributed by atoms with Crippen LogP contribution in [0.4, 0.5) is 5.69 Å². The summed E-state index contributed by atoms with van der Waals surface area (Å²) in [6, 6.07) is 0. The Morgan fingerprint density at radius 2 is 2.42 bits per heavy atom. The monoisotopic (exact) mass is 192 g/mol. The molecule has 0 amide bonds. The molecule has 1 aromatic rings. The van der Waals surface area contributed by atoms with Crippen LogP contribution < -0.4 is 5.73 Å². The van der Waals surface area contributed by atoms with Gasteiger partial charge in [-0.3, -0.25) is 14.8 Å². The standard InChI is InChI=1S/C5H8N4O2.ClH/c1-8-3-5(9(10)11)4(2-6)7-8;/h3H,2,6H2,1H3;1H. The maximum atomic E-state index is 10.3. The molecule has 0 saturated carbocycles. The van der Waals surface area contributed by atoms with E-state index >= 15 is 0 Å². The Kier molecular flexibility index (Phi) is 3.65. The lowest BCUT2D eigenvalue weighted by Crippen LogP contribution is -2.01. The predicted octanol–water partition coefficient (Wildman–Crippen LogP) is 0.209. The van der Waals surface area contributed by atoms with Crippen molar-refractivity contribution in [1.29, 1.82) is 0 Å². The highest BCUT2D eigenvalue weighted by Crippen LogP contribution is 2.14. The summed E-state index contributed by atoms with van der Waals surface area (Å²) in [4.78, 5) is 9.80. The first-order chi connectivity index (χ1) is 5.15. The van der Waals surface area contributed by atoms with E-state index in [0.29, 0.717) is 5.69 Å². The van der Waals surface area contributed by atoms with Gasteiger partial charge in [0.2, 0.25) is 0 Å². The van der Waals surface area contributed by atoms with Crippen molar-refractivity contribution in [3.63, 3.8) is 0 Å². The molecular weight excluding hydrogens is 184 g/mol. The first-order valence-corrected chi connectivity index (χ1v) is 3.02. The number of aryl methyl sites for hydroxylation is 1. The molecule has 0 aliphatic heterocycles. The van der Waals surface area contributed by atoms with Gasteiger partial charge in [0.1, 0.15) is 6.20 Å². The maximum absolute atomic E-state index is 10.3. The van der Waals surface area contributed by atoms with E-state index in [1.54, 1.807) is 7.05 Å². The average molecular weight is 193 g/mol. The molecule has 0 saturated heterocycles. The van der Waals surface area contributed by atoms with Crippen LogP contribution in [0.2, 0.25) is 0 Å². The van der Waals surface area contributed by atoms with Crippen molar-refractivity contribution in [1.82, 2.24) is 9.78 Å². The summed E-state index contributed by atoms with van der Waals surface area (Å²) in [5.74, 6) is 0. The summed E-state index contributed by atoms with van der Waals surface area (Å²) >= 11 is 0. The minimum atomic E-state index is -0.491. The lowest BCUT2D eigenvalue weighted by atomic mass is 10.4. The van der Waals surface area contributed by atoms with Crippen molar-refractivity contribution < 1.29 is 4.92 Å². The molecule has 2 N–H and O–H groups in total. The summed E-state index contributed by atoms with van der Waals surface area (Å²) in [5.41, 5.74) is 5.52. The molecule has 1 heterocycles. The molecule has 0 aliphatic rings. The number of halogens is 1. The summed E-state index contributed by atoms with van der Waals surface area (Å²) in [6.45, 7) is 0.0944. The third-order valence-corrected chi connectivity index (χ3v) is 1.27. The Bertz CT molecular complexity index is 285. The van der Waals surface area contributed by atoms with E-state index in [1.807, 2.05) is 0 Å². The van der Waals surface area contributed by atoms with Gasteiger partial charge >= 0.3 is 5.69 Å². The van der Waals surface area contributed by atoms with E-state index in [9.17, 15) is 10.1 Å². The third-order valence-electron chi connectivity index (χ3n) is 1.27. The first-order valence-electron chi connectivity index (χ1n) is 3.02. The average Bonchev–Trinajstić information content (AvgIpc) is 2.30. The molecule has 0 atom stereocenters. The lowest BCUT2D eigenvalue weighted by Gasteiger charge is -1.86. The predicted molar refractivity (Wildman–Crippen MR) is 45.0 cm³/mol. The fourth-order valence-corrected chi connectivity index (χ4v) is 0.820. The molecule has 0 spiro atoms. The van der Waals surface area contributed by atoms with Gasteiger partial charge in [-0.1, -0.05) is 0 Å². The number of nitrogens with zero attached hydrogens (tertiary/aromatic N) is 3. The Balaban J connectivity index is 0.00000121. The highest BCUT2D eigenvalue weighted by atomic mass is 35.5. The number of nitro groups is 1. The van der Waals surface area contributed by atoms with Gasteiger partial charge in [0.25, 0.3) is 0 Å². The Morgan fingerprint density at radius 1 is 1.83 bits per heavy atom. The van der Waals surface area contributed by atoms with Crippen LogP contribution in [0.3, 0.4) is 0 Å². The van der Waals surface area contributed by atoms with Gasteiger partial charge in [0, 0.05) is 13.6 Å². The zero-order chi connectivity index (χ0) is 8.43. The van der Waals surface area contributed by atoms with Crippen molar-refractivity contribution in [2.24, 2.45) is 12.8 Å². The van der Waals surface area contributed by atoms with Crippen molar-refractivity contribution >= 4 is 18.1 Å². The van der Waals surface area contributed by atoms with Crippen LogP contribution in [0, 0.1) is 10.1 Å². The van der Waals surface area contributed by atoms with Gasteiger partial charge in [-0.05, 0) is 0 Å². The van der Waals surface area contributed by atoms with E-state index in [-0.39, 0.29) is 24.6 Å². The molecule has 7 heteroatoms. The Hall–Kier alpha value is -1.14. The Morgan fingerprint density at radius 3 is 2.75 bits per heavy atom. The summed E-state index contributed by atoms with van der Waals surface area (Å²) < 4.78 is 1.38. The lowest BCUT2D eigenvalue weighted by molar-refractivity contribution is -0.385. The molecule has 0 aliphatic carbocycles. The van der Waals surface area contributed by atoms with Gasteiger partial charge in [0.15, 0.2) is 5.69 Å². The van der Waals surface area contributed by atoms with Crippen LogP contribution in [-0.2, 0) is 13.6 Å². The third kappa shape index (κ3) is 1.93. The van der Waals surface area contributed by atoms with Crippen molar-refractivity contribution in [2.75, 3.05) is 0 Å². The van der Waals surface area contributed by atoms with Gasteiger partial charge < -0.3 is 5.73 Å². The van der Waals surface area contributed by atoms with Gasteiger partial charge in [0.05, 0.1) is 4.92 Å². The SMILES string of the molecule is Cl.Cn1cc([N+](=O)[O-])c(CN)n1. The van der Waals surface area contributed by atoms with Crippen molar-refractivity contribution in [3.8, 4) is 0 Å². The minimum Gasteiger partial charge on any atom is -0.325 e. The fraction of sp³-hybridized carbons (Fsp3) is 0.400. The Labute approximate surface area is 74.9 Å². The second-order valence-corrected chi connectivity index (χ2v) is 2.10. The molecule has 6 nitrogen and oxygen atoms in total. The van der Waals surface area contributed by atoms with E-state index in [0.717, 1.165) is 0 Å². The zero-order valence-electron chi connectivity index (χ0n) is 6.43.